The molecule has 1 saturated heterocycles. The smallest absolute Gasteiger partial charge is 0.236 e. The second-order valence-electron chi connectivity index (χ2n) is 6.51. The van der Waals surface area contributed by atoms with Gasteiger partial charge in [-0.05, 0) is 44.4 Å². The summed E-state index contributed by atoms with van der Waals surface area (Å²) in [5.41, 5.74) is 0.783. The van der Waals surface area contributed by atoms with Gasteiger partial charge in [0, 0.05) is 18.2 Å². The molecule has 1 amide bonds. The number of hydrogen-bond acceptors (Lipinski definition) is 7. The molecule has 0 saturated carbocycles. The third kappa shape index (κ3) is 4.74. The van der Waals surface area contributed by atoms with E-state index in [2.05, 4.69) is 17.1 Å². The summed E-state index contributed by atoms with van der Waals surface area (Å²) in [6.07, 6.45) is 3.40. The summed E-state index contributed by atoms with van der Waals surface area (Å²) < 4.78 is 15.9. The Morgan fingerprint density at radius 1 is 1.30 bits per heavy atom. The Morgan fingerprint density at radius 3 is 2.85 bits per heavy atom. The van der Waals surface area contributed by atoms with Crippen LogP contribution in [0.3, 0.4) is 0 Å². The van der Waals surface area contributed by atoms with Gasteiger partial charge in [-0.15, -0.1) is 11.8 Å². The Labute approximate surface area is 163 Å². The number of nitrogens with zero attached hydrogens (tertiary/aromatic N) is 3. The molecule has 8 heteroatoms. The Kier molecular flexibility index (Phi) is 6.60. The third-order valence-electron chi connectivity index (χ3n) is 4.68. The minimum Gasteiger partial charge on any atom is -0.493 e. The Bertz CT molecular complexity index is 780. The molecule has 27 heavy (non-hydrogen) atoms. The van der Waals surface area contributed by atoms with Crippen molar-refractivity contribution in [1.82, 2.24) is 15.0 Å². The van der Waals surface area contributed by atoms with Crippen molar-refractivity contribution in [3.05, 3.63) is 24.1 Å². The molecule has 1 aromatic heterocycles. The molecule has 0 bridgehead atoms. The standard InChI is InChI=1S/C19H25N3O4S/c1-13-6-4-5-9-22(13)18(23)12-27-11-17-20-19(21-26-17)14-7-8-15(24-2)16(10-14)25-3/h7-8,10,13H,4-6,9,11-12H2,1-3H3. The molecule has 0 N–H and O–H groups in total. The summed E-state index contributed by atoms with van der Waals surface area (Å²) in [5.74, 6) is 3.37. The minimum atomic E-state index is 0.187. The van der Waals surface area contributed by atoms with Crippen LogP contribution < -0.4 is 9.47 Å². The van der Waals surface area contributed by atoms with E-state index in [0.29, 0.717) is 40.8 Å². The van der Waals surface area contributed by atoms with Gasteiger partial charge in [0.05, 0.1) is 25.7 Å². The predicted octanol–water partition coefficient (Wildman–Crippen LogP) is 3.39. The van der Waals surface area contributed by atoms with Gasteiger partial charge in [-0.2, -0.15) is 4.98 Å². The van der Waals surface area contributed by atoms with Crippen LogP contribution in [0.2, 0.25) is 0 Å². The highest BCUT2D eigenvalue weighted by atomic mass is 32.2. The molecule has 7 nitrogen and oxygen atoms in total. The molecule has 1 aliphatic rings. The molecule has 3 rings (SSSR count). The average Bonchev–Trinajstić information content (AvgIpc) is 3.16. The summed E-state index contributed by atoms with van der Waals surface area (Å²) in [4.78, 5) is 18.8. The monoisotopic (exact) mass is 391 g/mol. The number of thioether (sulfide) groups is 1. The number of piperidine rings is 1. The van der Waals surface area contributed by atoms with E-state index in [4.69, 9.17) is 14.0 Å². The van der Waals surface area contributed by atoms with E-state index in [0.717, 1.165) is 24.9 Å². The van der Waals surface area contributed by atoms with E-state index < -0.39 is 0 Å². The van der Waals surface area contributed by atoms with E-state index in [9.17, 15) is 4.79 Å². The van der Waals surface area contributed by atoms with Crippen molar-refractivity contribution in [3.63, 3.8) is 0 Å². The van der Waals surface area contributed by atoms with Crippen LogP contribution in [-0.4, -0.2) is 53.5 Å². The highest BCUT2D eigenvalue weighted by molar-refractivity contribution is 7.99. The van der Waals surface area contributed by atoms with Gasteiger partial charge in [-0.3, -0.25) is 4.79 Å². The number of aromatic nitrogens is 2. The minimum absolute atomic E-state index is 0.187. The second kappa shape index (κ2) is 9.12. The van der Waals surface area contributed by atoms with Gasteiger partial charge in [0.2, 0.25) is 17.6 Å². The number of amides is 1. The lowest BCUT2D eigenvalue weighted by atomic mass is 10.0. The fourth-order valence-electron chi connectivity index (χ4n) is 3.18. The second-order valence-corrected chi connectivity index (χ2v) is 7.49. The fraction of sp³-hybridized carbons (Fsp3) is 0.526. The van der Waals surface area contributed by atoms with Crippen LogP contribution in [0, 0.1) is 0 Å². The van der Waals surface area contributed by atoms with E-state index in [1.54, 1.807) is 20.3 Å². The summed E-state index contributed by atoms with van der Waals surface area (Å²) in [5, 5.41) is 4.03. The molecule has 1 atom stereocenters. The first-order valence-electron chi connectivity index (χ1n) is 9.04. The van der Waals surface area contributed by atoms with Gasteiger partial charge in [0.25, 0.3) is 0 Å². The Morgan fingerprint density at radius 2 is 2.11 bits per heavy atom. The molecule has 1 fully saturated rings. The van der Waals surface area contributed by atoms with Gasteiger partial charge in [-0.25, -0.2) is 0 Å². The number of carbonyl (C=O) groups is 1. The third-order valence-corrected chi connectivity index (χ3v) is 5.59. The molecule has 1 aliphatic heterocycles. The van der Waals surface area contributed by atoms with Crippen LogP contribution in [0.5, 0.6) is 11.5 Å². The first kappa shape index (κ1) is 19.5. The zero-order valence-electron chi connectivity index (χ0n) is 15.9. The maximum absolute atomic E-state index is 12.4. The summed E-state index contributed by atoms with van der Waals surface area (Å²) >= 11 is 1.50. The highest BCUT2D eigenvalue weighted by Crippen LogP contribution is 2.31. The van der Waals surface area contributed by atoms with Gasteiger partial charge >= 0.3 is 0 Å². The van der Waals surface area contributed by atoms with Gasteiger partial charge in [0.1, 0.15) is 0 Å². The van der Waals surface area contributed by atoms with Crippen molar-refractivity contribution in [1.29, 1.82) is 0 Å². The molecule has 1 unspecified atom stereocenters. The van der Waals surface area contributed by atoms with Gasteiger partial charge in [0.15, 0.2) is 11.5 Å². The lowest BCUT2D eigenvalue weighted by molar-refractivity contribution is -0.131. The molecule has 2 heterocycles. The van der Waals surface area contributed by atoms with Crippen LogP contribution >= 0.6 is 11.8 Å². The largest absolute Gasteiger partial charge is 0.493 e. The maximum Gasteiger partial charge on any atom is 0.236 e. The number of likely N-dealkylation sites (tertiary alicyclic amines) is 1. The van der Waals surface area contributed by atoms with E-state index >= 15 is 0 Å². The molecule has 146 valence electrons. The summed E-state index contributed by atoms with van der Waals surface area (Å²) in [7, 11) is 3.17. The normalized spacial score (nSPS) is 17.0. The van der Waals surface area contributed by atoms with Crippen LogP contribution in [-0.2, 0) is 10.5 Å². The highest BCUT2D eigenvalue weighted by Gasteiger charge is 2.23. The quantitative estimate of drug-likeness (QED) is 0.716. The van der Waals surface area contributed by atoms with Gasteiger partial charge < -0.3 is 18.9 Å². The number of ether oxygens (including phenoxy) is 2. The van der Waals surface area contributed by atoms with Crippen molar-refractivity contribution < 1.29 is 18.8 Å². The number of benzene rings is 1. The predicted molar refractivity (Wildman–Crippen MR) is 104 cm³/mol. The van der Waals surface area contributed by atoms with Crippen molar-refractivity contribution in [3.8, 4) is 22.9 Å². The van der Waals surface area contributed by atoms with Crippen LogP contribution in [0.4, 0.5) is 0 Å². The summed E-state index contributed by atoms with van der Waals surface area (Å²) in [6.45, 7) is 2.99. The van der Waals surface area contributed by atoms with E-state index in [-0.39, 0.29) is 5.91 Å². The number of rotatable bonds is 7. The first-order chi connectivity index (χ1) is 13.1. The number of hydrogen-bond donors (Lipinski definition) is 0. The van der Waals surface area contributed by atoms with Crippen molar-refractivity contribution >= 4 is 17.7 Å². The molecule has 2 aromatic rings. The Balaban J connectivity index is 1.56. The fourth-order valence-corrected chi connectivity index (χ4v) is 3.92. The van der Waals surface area contributed by atoms with Crippen molar-refractivity contribution in [2.45, 2.75) is 38.0 Å². The lowest BCUT2D eigenvalue weighted by Crippen LogP contribution is -2.42. The van der Waals surface area contributed by atoms with Crippen LogP contribution in [0.15, 0.2) is 22.7 Å². The van der Waals surface area contributed by atoms with E-state index in [1.807, 2.05) is 17.0 Å². The first-order valence-corrected chi connectivity index (χ1v) is 10.2. The number of methoxy groups -OCH3 is 2. The summed E-state index contributed by atoms with van der Waals surface area (Å²) in [6, 6.07) is 5.80. The average molecular weight is 391 g/mol. The van der Waals surface area contributed by atoms with Gasteiger partial charge in [-0.1, -0.05) is 5.16 Å². The SMILES string of the molecule is COc1ccc(-c2noc(CSCC(=O)N3CCCCC3C)n2)cc1OC. The topological polar surface area (TPSA) is 77.7 Å². The lowest BCUT2D eigenvalue weighted by Gasteiger charge is -2.33. The van der Waals surface area contributed by atoms with Crippen LogP contribution in [0.1, 0.15) is 32.1 Å². The molecule has 1 aromatic carbocycles. The molecule has 0 radical (unpaired) electrons. The zero-order chi connectivity index (χ0) is 19.2. The van der Waals surface area contributed by atoms with Crippen LogP contribution in [0.25, 0.3) is 11.4 Å². The zero-order valence-corrected chi connectivity index (χ0v) is 16.8. The van der Waals surface area contributed by atoms with E-state index in [1.165, 1.54) is 18.2 Å². The Hall–Kier alpha value is -2.22. The maximum atomic E-state index is 12.4. The van der Waals surface area contributed by atoms with Crippen molar-refractivity contribution in [2.24, 2.45) is 0 Å². The molecular formula is C19H25N3O4S. The van der Waals surface area contributed by atoms with Crippen molar-refractivity contribution in [2.75, 3.05) is 26.5 Å². The molecule has 0 spiro atoms. The molecule has 0 aliphatic carbocycles. The molecular weight excluding hydrogens is 366 g/mol. The number of carbonyl (C=O) groups excluding carboxylic acids is 1.